The molecule has 1 fully saturated rings. The van der Waals surface area contributed by atoms with Crippen molar-refractivity contribution in [2.45, 2.75) is 12.5 Å². The highest BCUT2D eigenvalue weighted by Crippen LogP contribution is 2.28. The summed E-state index contributed by atoms with van der Waals surface area (Å²) in [5.74, 6) is 0.958. The number of imidazole rings is 1. The molecule has 0 saturated carbocycles. The van der Waals surface area contributed by atoms with Gasteiger partial charge < -0.3 is 9.47 Å². The number of likely N-dealkylation sites (tertiary alicyclic amines) is 1. The Labute approximate surface area is 134 Å². The number of aromatic nitrogens is 4. The maximum Gasteiger partial charge on any atom is 0.245 e. The molecular formula is C17H17N5O. The Kier molecular flexibility index (Phi) is 3.22. The fourth-order valence-corrected chi connectivity index (χ4v) is 3.06. The molecule has 0 spiro atoms. The van der Waals surface area contributed by atoms with Gasteiger partial charge in [-0.2, -0.15) is 5.10 Å². The van der Waals surface area contributed by atoms with E-state index in [1.165, 1.54) is 0 Å². The van der Waals surface area contributed by atoms with E-state index in [1.54, 1.807) is 17.3 Å². The molecule has 3 heterocycles. The third-order valence-corrected chi connectivity index (χ3v) is 4.28. The van der Waals surface area contributed by atoms with Crippen molar-refractivity contribution in [3.63, 3.8) is 0 Å². The number of likely N-dealkylation sites (N-methyl/N-ethyl adjacent to an activating group) is 1. The van der Waals surface area contributed by atoms with Gasteiger partial charge in [0.2, 0.25) is 5.91 Å². The van der Waals surface area contributed by atoms with Crippen molar-refractivity contribution < 1.29 is 4.79 Å². The van der Waals surface area contributed by atoms with Gasteiger partial charge in [0.25, 0.3) is 0 Å². The molecule has 1 aliphatic rings. The van der Waals surface area contributed by atoms with E-state index in [2.05, 4.69) is 10.1 Å². The lowest BCUT2D eigenvalue weighted by molar-refractivity contribution is -0.129. The van der Waals surface area contributed by atoms with Gasteiger partial charge in [0, 0.05) is 43.9 Å². The molecule has 6 heteroatoms. The van der Waals surface area contributed by atoms with Crippen LogP contribution in [0, 0.1) is 0 Å². The van der Waals surface area contributed by atoms with Crippen molar-refractivity contribution in [1.29, 1.82) is 0 Å². The normalized spacial score (nSPS) is 17.9. The average molecular weight is 307 g/mol. The molecule has 1 amide bonds. The van der Waals surface area contributed by atoms with Gasteiger partial charge >= 0.3 is 0 Å². The Bertz CT molecular complexity index is 836. The van der Waals surface area contributed by atoms with Crippen LogP contribution in [0.25, 0.3) is 17.1 Å². The van der Waals surface area contributed by atoms with Crippen LogP contribution >= 0.6 is 0 Å². The van der Waals surface area contributed by atoms with Crippen molar-refractivity contribution in [3.8, 4) is 17.1 Å². The van der Waals surface area contributed by atoms with Gasteiger partial charge in [0.1, 0.15) is 11.9 Å². The summed E-state index contributed by atoms with van der Waals surface area (Å²) in [6, 6.07) is 9.75. The minimum absolute atomic E-state index is 0.146. The third-order valence-electron chi connectivity index (χ3n) is 4.28. The molecule has 1 aliphatic heterocycles. The molecule has 0 N–H and O–H groups in total. The van der Waals surface area contributed by atoms with Crippen LogP contribution in [0.4, 0.5) is 0 Å². The number of amides is 1. The molecule has 116 valence electrons. The van der Waals surface area contributed by atoms with E-state index in [1.807, 2.05) is 59.0 Å². The van der Waals surface area contributed by atoms with E-state index in [-0.39, 0.29) is 11.9 Å². The zero-order valence-corrected chi connectivity index (χ0v) is 12.8. The van der Waals surface area contributed by atoms with Crippen LogP contribution in [-0.4, -0.2) is 43.7 Å². The highest BCUT2D eigenvalue weighted by molar-refractivity contribution is 5.83. The second kappa shape index (κ2) is 5.39. The molecule has 4 rings (SSSR count). The van der Waals surface area contributed by atoms with Crippen LogP contribution < -0.4 is 0 Å². The van der Waals surface area contributed by atoms with Gasteiger partial charge in [-0.25, -0.2) is 9.67 Å². The lowest BCUT2D eigenvalue weighted by atomic mass is 10.1. The first kappa shape index (κ1) is 13.8. The predicted octanol–water partition coefficient (Wildman–Crippen LogP) is 2.14. The van der Waals surface area contributed by atoms with Crippen molar-refractivity contribution in [1.82, 2.24) is 24.2 Å². The standard InChI is InChI=1S/C17H17N5O/c1-20-10-6-15(17(20)23)21-11-8-18-16(21)13-4-2-5-14(12-13)22-9-3-7-19-22/h2-5,7-9,11-12,15H,6,10H2,1H3. The van der Waals surface area contributed by atoms with Crippen molar-refractivity contribution >= 4 is 5.91 Å². The van der Waals surface area contributed by atoms with Crippen molar-refractivity contribution in [3.05, 3.63) is 55.1 Å². The van der Waals surface area contributed by atoms with Crippen molar-refractivity contribution in [2.75, 3.05) is 13.6 Å². The van der Waals surface area contributed by atoms with Crippen LogP contribution in [0.1, 0.15) is 12.5 Å². The number of hydrogen-bond acceptors (Lipinski definition) is 3. The van der Waals surface area contributed by atoms with E-state index in [9.17, 15) is 4.79 Å². The second-order valence-corrected chi connectivity index (χ2v) is 5.72. The molecule has 1 aromatic carbocycles. The molecule has 0 radical (unpaired) electrons. The molecule has 23 heavy (non-hydrogen) atoms. The fourth-order valence-electron chi connectivity index (χ4n) is 3.06. The Hall–Kier alpha value is -2.89. The summed E-state index contributed by atoms with van der Waals surface area (Å²) >= 11 is 0. The van der Waals surface area contributed by atoms with E-state index in [4.69, 9.17) is 0 Å². The highest BCUT2D eigenvalue weighted by atomic mass is 16.2. The average Bonchev–Trinajstić information content (AvgIpc) is 3.30. The summed E-state index contributed by atoms with van der Waals surface area (Å²) in [6.45, 7) is 0.786. The summed E-state index contributed by atoms with van der Waals surface area (Å²) in [5, 5.41) is 4.26. The zero-order chi connectivity index (χ0) is 15.8. The third kappa shape index (κ3) is 2.32. The number of hydrogen-bond donors (Lipinski definition) is 0. The lowest BCUT2D eigenvalue weighted by Crippen LogP contribution is -2.24. The van der Waals surface area contributed by atoms with Gasteiger partial charge in [-0.3, -0.25) is 4.79 Å². The highest BCUT2D eigenvalue weighted by Gasteiger charge is 2.31. The molecule has 1 atom stereocenters. The smallest absolute Gasteiger partial charge is 0.245 e. The van der Waals surface area contributed by atoms with Crippen LogP contribution in [-0.2, 0) is 4.79 Å². The summed E-state index contributed by atoms with van der Waals surface area (Å²) in [4.78, 5) is 18.6. The molecule has 1 saturated heterocycles. The quantitative estimate of drug-likeness (QED) is 0.745. The van der Waals surface area contributed by atoms with Gasteiger partial charge in [0.05, 0.1) is 5.69 Å². The van der Waals surface area contributed by atoms with E-state index >= 15 is 0 Å². The summed E-state index contributed by atoms with van der Waals surface area (Å²) < 4.78 is 3.79. The molecule has 2 aromatic heterocycles. The molecule has 6 nitrogen and oxygen atoms in total. The number of carbonyl (C=O) groups excluding carboxylic acids is 1. The van der Waals surface area contributed by atoms with Crippen LogP contribution in [0.2, 0.25) is 0 Å². The molecular weight excluding hydrogens is 290 g/mol. The van der Waals surface area contributed by atoms with E-state index in [0.717, 1.165) is 30.0 Å². The topological polar surface area (TPSA) is 56.0 Å². The lowest BCUT2D eigenvalue weighted by Gasteiger charge is -2.15. The second-order valence-electron chi connectivity index (χ2n) is 5.72. The number of benzene rings is 1. The minimum Gasteiger partial charge on any atom is -0.344 e. The zero-order valence-electron chi connectivity index (χ0n) is 12.8. The maximum atomic E-state index is 12.3. The van der Waals surface area contributed by atoms with Gasteiger partial charge in [-0.15, -0.1) is 0 Å². The number of carbonyl (C=O) groups is 1. The first-order valence-corrected chi connectivity index (χ1v) is 7.62. The summed E-state index contributed by atoms with van der Waals surface area (Å²) in [7, 11) is 1.84. The maximum absolute atomic E-state index is 12.3. The van der Waals surface area contributed by atoms with E-state index in [0.29, 0.717) is 0 Å². The van der Waals surface area contributed by atoms with Crippen molar-refractivity contribution in [2.24, 2.45) is 0 Å². The van der Waals surface area contributed by atoms with Crippen LogP contribution in [0.15, 0.2) is 55.1 Å². The predicted molar refractivity (Wildman–Crippen MR) is 86.1 cm³/mol. The first-order valence-electron chi connectivity index (χ1n) is 7.62. The molecule has 3 aromatic rings. The molecule has 1 unspecified atom stereocenters. The monoisotopic (exact) mass is 307 g/mol. The number of nitrogens with zero attached hydrogens (tertiary/aromatic N) is 5. The SMILES string of the molecule is CN1CCC(n2ccnc2-c2cccc(-n3cccn3)c2)C1=O. The Morgan fingerprint density at radius 1 is 1.17 bits per heavy atom. The molecule has 0 aliphatic carbocycles. The van der Waals surface area contributed by atoms with E-state index < -0.39 is 0 Å². The fraction of sp³-hybridized carbons (Fsp3) is 0.235. The minimum atomic E-state index is -0.161. The van der Waals surface area contributed by atoms with Gasteiger partial charge in [0.15, 0.2) is 0 Å². The summed E-state index contributed by atoms with van der Waals surface area (Å²) in [5.41, 5.74) is 1.95. The van der Waals surface area contributed by atoms with Crippen LogP contribution in [0.3, 0.4) is 0 Å². The first-order chi connectivity index (χ1) is 11.2. The van der Waals surface area contributed by atoms with Gasteiger partial charge in [-0.05, 0) is 24.6 Å². The number of rotatable bonds is 3. The van der Waals surface area contributed by atoms with Gasteiger partial charge in [-0.1, -0.05) is 12.1 Å². The summed E-state index contributed by atoms with van der Waals surface area (Å²) in [6.07, 6.45) is 8.11. The largest absolute Gasteiger partial charge is 0.344 e. The molecule has 0 bridgehead atoms. The Morgan fingerprint density at radius 2 is 2.09 bits per heavy atom. The Morgan fingerprint density at radius 3 is 2.83 bits per heavy atom. The van der Waals surface area contributed by atoms with Crippen LogP contribution in [0.5, 0.6) is 0 Å². The Balaban J connectivity index is 1.74.